The molecule has 0 aromatic carbocycles. The predicted molar refractivity (Wildman–Crippen MR) is 76.4 cm³/mol. The zero-order chi connectivity index (χ0) is 13.2. The van der Waals surface area contributed by atoms with Gasteiger partial charge < -0.3 is 0 Å². The standard InChI is InChI=1S/C17H31F/c1-4-5-14-7-10-15(11-8-14)16-9-6-13(2)17(3,18)12-16/h13-16H,4-12H2,1-3H3. The highest BCUT2D eigenvalue weighted by Crippen LogP contribution is 2.46. The summed E-state index contributed by atoms with van der Waals surface area (Å²) in [6.07, 6.45) is 11.5. The highest BCUT2D eigenvalue weighted by Gasteiger charge is 2.41. The molecule has 0 bridgehead atoms. The topological polar surface area (TPSA) is 0 Å². The molecule has 2 saturated carbocycles. The molecule has 1 heteroatoms. The van der Waals surface area contributed by atoms with Crippen molar-refractivity contribution in [3.05, 3.63) is 0 Å². The van der Waals surface area contributed by atoms with Crippen LogP contribution in [0.1, 0.15) is 78.6 Å². The van der Waals surface area contributed by atoms with E-state index in [2.05, 4.69) is 13.8 Å². The van der Waals surface area contributed by atoms with Crippen molar-refractivity contribution in [2.24, 2.45) is 23.7 Å². The van der Waals surface area contributed by atoms with E-state index in [1.54, 1.807) is 0 Å². The Kier molecular flexibility index (Phi) is 4.72. The van der Waals surface area contributed by atoms with Gasteiger partial charge in [-0.1, -0.05) is 39.5 Å². The largest absolute Gasteiger partial charge is 0.244 e. The molecule has 0 aliphatic heterocycles. The first-order valence-corrected chi connectivity index (χ1v) is 8.21. The maximum Gasteiger partial charge on any atom is 0.111 e. The molecule has 106 valence electrons. The van der Waals surface area contributed by atoms with Crippen LogP contribution in [0.3, 0.4) is 0 Å². The van der Waals surface area contributed by atoms with Crippen LogP contribution >= 0.6 is 0 Å². The molecule has 3 unspecified atom stereocenters. The summed E-state index contributed by atoms with van der Waals surface area (Å²) >= 11 is 0. The molecule has 0 radical (unpaired) electrons. The molecule has 2 aliphatic rings. The molecule has 2 aliphatic carbocycles. The molecule has 3 atom stereocenters. The molecule has 0 saturated heterocycles. The molecular formula is C17H31F. The Bertz CT molecular complexity index is 250. The third-order valence-electron chi connectivity index (χ3n) is 5.91. The summed E-state index contributed by atoms with van der Waals surface area (Å²) in [5, 5.41) is 0. The molecule has 0 amide bonds. The fourth-order valence-electron chi connectivity index (χ4n) is 4.34. The van der Waals surface area contributed by atoms with Crippen LogP contribution in [0.5, 0.6) is 0 Å². The van der Waals surface area contributed by atoms with Crippen molar-refractivity contribution in [1.82, 2.24) is 0 Å². The van der Waals surface area contributed by atoms with Gasteiger partial charge in [0.25, 0.3) is 0 Å². The van der Waals surface area contributed by atoms with Gasteiger partial charge in [0.05, 0.1) is 0 Å². The van der Waals surface area contributed by atoms with E-state index in [9.17, 15) is 4.39 Å². The van der Waals surface area contributed by atoms with Gasteiger partial charge >= 0.3 is 0 Å². The van der Waals surface area contributed by atoms with E-state index in [0.717, 1.165) is 24.7 Å². The minimum atomic E-state index is -0.900. The monoisotopic (exact) mass is 254 g/mol. The SMILES string of the molecule is CCCC1CCC(C2CCC(C)C(C)(F)C2)CC1. The number of hydrogen-bond acceptors (Lipinski definition) is 0. The zero-order valence-corrected chi connectivity index (χ0v) is 12.6. The van der Waals surface area contributed by atoms with E-state index >= 15 is 0 Å². The summed E-state index contributed by atoms with van der Waals surface area (Å²) in [6, 6.07) is 0. The molecule has 0 spiro atoms. The Labute approximate surface area is 113 Å². The van der Waals surface area contributed by atoms with Crippen molar-refractivity contribution in [2.45, 2.75) is 84.2 Å². The maximum absolute atomic E-state index is 14.5. The van der Waals surface area contributed by atoms with E-state index in [1.165, 1.54) is 44.9 Å². The summed E-state index contributed by atoms with van der Waals surface area (Å²) in [7, 11) is 0. The van der Waals surface area contributed by atoms with Gasteiger partial charge in [-0.15, -0.1) is 0 Å². The number of halogens is 1. The van der Waals surface area contributed by atoms with Gasteiger partial charge in [0.1, 0.15) is 5.67 Å². The summed E-state index contributed by atoms with van der Waals surface area (Å²) in [4.78, 5) is 0. The van der Waals surface area contributed by atoms with Crippen LogP contribution in [0.2, 0.25) is 0 Å². The highest BCUT2D eigenvalue weighted by atomic mass is 19.1. The Morgan fingerprint density at radius 3 is 2.17 bits per heavy atom. The third kappa shape index (κ3) is 3.27. The van der Waals surface area contributed by atoms with Crippen molar-refractivity contribution in [3.8, 4) is 0 Å². The van der Waals surface area contributed by atoms with Gasteiger partial charge in [-0.2, -0.15) is 0 Å². The molecule has 2 rings (SSSR count). The lowest BCUT2D eigenvalue weighted by molar-refractivity contribution is 0.0108. The van der Waals surface area contributed by atoms with Crippen molar-refractivity contribution in [3.63, 3.8) is 0 Å². The third-order valence-corrected chi connectivity index (χ3v) is 5.91. The van der Waals surface area contributed by atoms with Crippen LogP contribution in [0.15, 0.2) is 0 Å². The van der Waals surface area contributed by atoms with E-state index in [0.29, 0.717) is 5.92 Å². The van der Waals surface area contributed by atoms with Crippen molar-refractivity contribution < 1.29 is 4.39 Å². The molecule has 2 fully saturated rings. The smallest absolute Gasteiger partial charge is 0.111 e. The van der Waals surface area contributed by atoms with E-state index in [1.807, 2.05) is 6.92 Å². The Morgan fingerprint density at radius 1 is 1.00 bits per heavy atom. The van der Waals surface area contributed by atoms with Gasteiger partial charge in [-0.3, -0.25) is 0 Å². The van der Waals surface area contributed by atoms with Crippen LogP contribution in [-0.4, -0.2) is 5.67 Å². The van der Waals surface area contributed by atoms with Crippen molar-refractivity contribution >= 4 is 0 Å². The second-order valence-corrected chi connectivity index (χ2v) is 7.29. The Balaban J connectivity index is 1.83. The van der Waals surface area contributed by atoms with Crippen LogP contribution in [0.25, 0.3) is 0 Å². The predicted octanol–water partition coefficient (Wildman–Crippen LogP) is 5.76. The average molecular weight is 254 g/mol. The maximum atomic E-state index is 14.5. The van der Waals surface area contributed by atoms with Crippen LogP contribution in [-0.2, 0) is 0 Å². The van der Waals surface area contributed by atoms with Crippen LogP contribution in [0.4, 0.5) is 4.39 Å². The van der Waals surface area contributed by atoms with E-state index in [4.69, 9.17) is 0 Å². The fourth-order valence-corrected chi connectivity index (χ4v) is 4.34. The lowest BCUT2D eigenvalue weighted by Crippen LogP contribution is -2.38. The molecule has 0 heterocycles. The number of hydrogen-bond donors (Lipinski definition) is 0. The van der Waals surface area contributed by atoms with Gasteiger partial charge in [0, 0.05) is 0 Å². The van der Waals surface area contributed by atoms with Gasteiger partial charge in [0.15, 0.2) is 0 Å². The first kappa shape index (κ1) is 14.3. The Morgan fingerprint density at radius 2 is 1.61 bits per heavy atom. The first-order valence-electron chi connectivity index (χ1n) is 8.21. The molecule has 0 nitrogen and oxygen atoms in total. The molecule has 0 aromatic rings. The summed E-state index contributed by atoms with van der Waals surface area (Å²) in [6.45, 7) is 6.23. The minimum Gasteiger partial charge on any atom is -0.244 e. The van der Waals surface area contributed by atoms with Crippen LogP contribution < -0.4 is 0 Å². The molecule has 18 heavy (non-hydrogen) atoms. The first-order chi connectivity index (χ1) is 8.53. The molecular weight excluding hydrogens is 223 g/mol. The second-order valence-electron chi connectivity index (χ2n) is 7.29. The zero-order valence-electron chi connectivity index (χ0n) is 12.6. The summed E-state index contributed by atoms with van der Waals surface area (Å²) in [5.41, 5.74) is -0.900. The normalized spacial score (nSPS) is 46.0. The van der Waals surface area contributed by atoms with Gasteiger partial charge in [0.2, 0.25) is 0 Å². The minimum absolute atomic E-state index is 0.269. The number of rotatable bonds is 3. The fraction of sp³-hybridized carbons (Fsp3) is 1.00. The van der Waals surface area contributed by atoms with Gasteiger partial charge in [-0.25, -0.2) is 4.39 Å². The lowest BCUT2D eigenvalue weighted by atomic mass is 9.65. The quantitative estimate of drug-likeness (QED) is 0.601. The van der Waals surface area contributed by atoms with Crippen LogP contribution in [0, 0.1) is 23.7 Å². The van der Waals surface area contributed by atoms with E-state index in [-0.39, 0.29) is 5.92 Å². The number of alkyl halides is 1. The molecule has 0 N–H and O–H groups in total. The summed E-state index contributed by atoms with van der Waals surface area (Å²) < 4.78 is 14.5. The van der Waals surface area contributed by atoms with Crippen molar-refractivity contribution in [2.75, 3.05) is 0 Å². The molecule has 0 aromatic heterocycles. The highest BCUT2D eigenvalue weighted by molar-refractivity contribution is 4.91. The van der Waals surface area contributed by atoms with Gasteiger partial charge in [-0.05, 0) is 62.7 Å². The lowest BCUT2D eigenvalue weighted by Gasteiger charge is -2.42. The Hall–Kier alpha value is -0.0700. The van der Waals surface area contributed by atoms with Crippen molar-refractivity contribution in [1.29, 1.82) is 0 Å². The average Bonchev–Trinajstić information content (AvgIpc) is 2.34. The second kappa shape index (κ2) is 5.92. The van der Waals surface area contributed by atoms with E-state index < -0.39 is 5.67 Å². The summed E-state index contributed by atoms with van der Waals surface area (Å²) in [5.74, 6) is 2.76.